The van der Waals surface area contributed by atoms with Gasteiger partial charge >= 0.3 is 12.2 Å². The van der Waals surface area contributed by atoms with E-state index in [-0.39, 0.29) is 30.3 Å². The van der Waals surface area contributed by atoms with Gasteiger partial charge in [0.25, 0.3) is 0 Å². The minimum Gasteiger partial charge on any atom is -0.444 e. The van der Waals surface area contributed by atoms with Gasteiger partial charge in [-0.05, 0) is 142 Å². The first kappa shape index (κ1) is 52.8. The fourth-order valence-electron chi connectivity index (χ4n) is 12.6. The van der Waals surface area contributed by atoms with Gasteiger partial charge in [-0.25, -0.2) is 39.5 Å². The predicted molar refractivity (Wildman–Crippen MR) is 295 cm³/mol. The number of aromatic nitrogens is 8. The largest absolute Gasteiger partial charge is 0.444 e. The third-order valence-electron chi connectivity index (χ3n) is 15.8. The number of carbonyl (C=O) groups is 2. The topological polar surface area (TPSA) is 195 Å². The number of H-pyrrole nitrogens is 2. The van der Waals surface area contributed by atoms with E-state index in [1.165, 1.54) is 44.0 Å². The van der Waals surface area contributed by atoms with Crippen molar-refractivity contribution < 1.29 is 19.1 Å². The Morgan fingerprint density at radius 3 is 1.59 bits per heavy atom. The molecule has 3 aliphatic heterocycles. The third kappa shape index (κ3) is 11.7. The molecule has 4 fully saturated rings. The number of anilines is 3. The van der Waals surface area contributed by atoms with E-state index < -0.39 is 11.2 Å². The highest BCUT2D eigenvalue weighted by atomic mass is 35.5. The number of fused-ring (bicyclic) bond motifs is 8. The van der Waals surface area contributed by atoms with E-state index in [4.69, 9.17) is 49.3 Å². The Balaban J connectivity index is 0.000000142. The van der Waals surface area contributed by atoms with Gasteiger partial charge in [0, 0.05) is 97.5 Å². The van der Waals surface area contributed by atoms with Gasteiger partial charge in [0.2, 0.25) is 0 Å². The van der Waals surface area contributed by atoms with Gasteiger partial charge in [0.15, 0.2) is 0 Å². The number of amides is 2. The Kier molecular flexibility index (Phi) is 15.1. The molecule has 6 aromatic rings. The monoisotopic (exact) mass is 1080 g/mol. The standard InChI is InChI=1S/C27H34ClN7O2.C15H13Cl2N5.C13H23NO2/c1-15-9-20-19(13-35(15)21-10-22(28)32-24-18(21)7-8-29-24)25(31-14-30-20)34-11-16-5-6-17(12-34)23(16)33-26(36)37-27(2,3)4;1-8-4-11-10(14(17)20-7-19-11)6-22(8)12-5-13(16)21-15-9(12)2-3-18-15;1-13(2,3)16-12(15)14-11-9-5-4-6-10(11)8-7-9/h7-8,10,14-17,23H,5-6,9,11-13H2,1-4H3,(H,29,32)(H,33,36);2-3,5,7-8H,4,6H2,1H3,(H,18,21);9-11H,4-8H2,1-3H3,(H,14,15)/t15-,16-,17+,23?;8-;9-,10+,11?/m11./s1. The Labute approximate surface area is 454 Å². The third-order valence-corrected chi connectivity index (χ3v) is 16.5. The van der Waals surface area contributed by atoms with Gasteiger partial charge < -0.3 is 44.8 Å². The molecule has 0 spiro atoms. The molecular formula is C55H70Cl3N13O4. The van der Waals surface area contributed by atoms with Crippen LogP contribution in [-0.4, -0.2) is 101 Å². The molecule has 8 atom stereocenters. The average Bonchev–Trinajstić information content (AvgIpc) is 4.10. The predicted octanol–water partition coefficient (Wildman–Crippen LogP) is 11.4. The number of pyridine rings is 2. The van der Waals surface area contributed by atoms with Gasteiger partial charge in [-0.15, -0.1) is 0 Å². The van der Waals surface area contributed by atoms with Crippen LogP contribution in [0.1, 0.15) is 123 Å². The van der Waals surface area contributed by atoms with Crippen LogP contribution in [0.25, 0.3) is 22.1 Å². The van der Waals surface area contributed by atoms with Gasteiger partial charge in [0.05, 0.1) is 22.8 Å². The molecule has 400 valence electrons. The zero-order chi connectivity index (χ0) is 52.9. The summed E-state index contributed by atoms with van der Waals surface area (Å²) in [7, 11) is 0. The second-order valence-corrected chi connectivity index (χ2v) is 24.5. The lowest BCUT2D eigenvalue weighted by Gasteiger charge is -2.42. The molecule has 2 amide bonds. The summed E-state index contributed by atoms with van der Waals surface area (Å²) in [5.74, 6) is 3.15. The highest BCUT2D eigenvalue weighted by molar-refractivity contribution is 6.31. The number of nitrogens with one attached hydrogen (secondary N) is 4. The van der Waals surface area contributed by atoms with Crippen LogP contribution in [0.4, 0.5) is 26.8 Å². The summed E-state index contributed by atoms with van der Waals surface area (Å²) in [4.78, 5) is 64.3. The maximum Gasteiger partial charge on any atom is 0.407 e. The number of halogens is 3. The van der Waals surface area contributed by atoms with Crippen LogP contribution in [0.5, 0.6) is 0 Å². The lowest BCUT2D eigenvalue weighted by atomic mass is 9.84. The average molecular weight is 1080 g/mol. The number of alkyl carbamates (subject to hydrolysis) is 2. The molecule has 4 N–H and O–H groups in total. The van der Waals surface area contributed by atoms with Crippen molar-refractivity contribution in [1.29, 1.82) is 0 Å². The van der Waals surface area contributed by atoms with Gasteiger partial charge in [-0.1, -0.05) is 41.2 Å². The highest BCUT2D eigenvalue weighted by Crippen LogP contribution is 2.44. The fraction of sp³-hybridized carbons (Fsp3) is 0.564. The maximum absolute atomic E-state index is 12.5. The molecule has 17 nitrogen and oxygen atoms in total. The van der Waals surface area contributed by atoms with Gasteiger partial charge in [0.1, 0.15) is 56.4 Å². The normalized spacial score (nSPS) is 24.9. The zero-order valence-electron chi connectivity index (χ0n) is 44.2. The number of piperidine rings is 1. The van der Waals surface area contributed by atoms with E-state index in [1.54, 1.807) is 6.33 Å². The molecule has 0 aromatic carbocycles. The molecule has 0 radical (unpaired) electrons. The van der Waals surface area contributed by atoms with Crippen LogP contribution >= 0.6 is 34.8 Å². The summed E-state index contributed by atoms with van der Waals surface area (Å²) >= 11 is 18.8. The van der Waals surface area contributed by atoms with E-state index in [0.717, 1.165) is 95.0 Å². The lowest BCUT2D eigenvalue weighted by Crippen LogP contribution is -2.54. The van der Waals surface area contributed by atoms with Crippen molar-refractivity contribution in [3.05, 3.63) is 87.3 Å². The molecule has 20 heteroatoms. The zero-order valence-corrected chi connectivity index (χ0v) is 46.5. The molecule has 3 saturated carbocycles. The Morgan fingerprint density at radius 2 is 1.08 bits per heavy atom. The molecule has 9 heterocycles. The fourth-order valence-corrected chi connectivity index (χ4v) is 13.1. The van der Waals surface area contributed by atoms with E-state index in [9.17, 15) is 9.59 Å². The van der Waals surface area contributed by atoms with Crippen LogP contribution < -0.4 is 25.3 Å². The maximum atomic E-state index is 12.5. The first-order valence-corrected chi connectivity index (χ1v) is 27.7. The molecular weight excluding hydrogens is 1010 g/mol. The molecule has 4 bridgehead atoms. The van der Waals surface area contributed by atoms with Crippen molar-refractivity contribution in [3.8, 4) is 0 Å². The number of rotatable bonds is 5. The van der Waals surface area contributed by atoms with Crippen LogP contribution in [0.2, 0.25) is 15.5 Å². The molecule has 1 saturated heterocycles. The van der Waals surface area contributed by atoms with Crippen molar-refractivity contribution in [3.63, 3.8) is 0 Å². The smallest absolute Gasteiger partial charge is 0.407 e. The number of hydrogen-bond acceptors (Lipinski definition) is 13. The number of aromatic amines is 2. The number of ether oxygens (including phenoxy) is 2. The Hall–Kier alpha value is -5.65. The molecule has 75 heavy (non-hydrogen) atoms. The molecule has 3 aliphatic carbocycles. The van der Waals surface area contributed by atoms with Crippen molar-refractivity contribution in [2.75, 3.05) is 27.8 Å². The van der Waals surface area contributed by atoms with Crippen molar-refractivity contribution in [1.82, 2.24) is 50.5 Å². The van der Waals surface area contributed by atoms with Gasteiger partial charge in [-0.3, -0.25) is 0 Å². The SMILES string of the molecule is CC(C)(C)OC(=O)NC1[C@@H]2CCC[C@H]1CC2.C[C@@H]1Cc2ncnc(Cl)c2CN1c1cc(Cl)nc2[nH]ccc12.C[C@@H]1Cc2ncnc(N3C[C@H]4CC[C@@H](C3)C4NC(=O)OC(C)(C)C)c2CN1c1cc(Cl)nc2[nH]ccc12. The highest BCUT2D eigenvalue weighted by Gasteiger charge is 2.45. The first-order valence-electron chi connectivity index (χ1n) is 26.6. The van der Waals surface area contributed by atoms with Gasteiger partial charge in [-0.2, -0.15) is 0 Å². The molecule has 6 aromatic heterocycles. The second-order valence-electron chi connectivity index (χ2n) is 23.4. The molecule has 12 rings (SSSR count). The minimum absolute atomic E-state index is 0.140. The Morgan fingerprint density at radius 1 is 0.627 bits per heavy atom. The summed E-state index contributed by atoms with van der Waals surface area (Å²) in [5.41, 5.74) is 7.11. The van der Waals surface area contributed by atoms with Crippen molar-refractivity contribution in [2.24, 2.45) is 23.7 Å². The first-order chi connectivity index (χ1) is 35.7. The van der Waals surface area contributed by atoms with Crippen LogP contribution in [-0.2, 0) is 35.4 Å². The molecule has 2 unspecified atom stereocenters. The number of carbonyl (C=O) groups excluding carboxylic acids is 2. The van der Waals surface area contributed by atoms with Crippen LogP contribution in [0.15, 0.2) is 49.3 Å². The summed E-state index contributed by atoms with van der Waals surface area (Å²) in [6, 6.07) is 8.98. The summed E-state index contributed by atoms with van der Waals surface area (Å²) in [6.45, 7) is 18.9. The second kappa shape index (κ2) is 21.4. The van der Waals surface area contributed by atoms with E-state index in [1.807, 2.05) is 72.1 Å². The number of hydrogen-bond donors (Lipinski definition) is 4. The number of nitrogens with zero attached hydrogens (tertiary/aromatic N) is 9. The van der Waals surface area contributed by atoms with Crippen molar-refractivity contribution in [2.45, 2.75) is 162 Å². The van der Waals surface area contributed by atoms with E-state index in [0.29, 0.717) is 58.3 Å². The van der Waals surface area contributed by atoms with Crippen LogP contribution in [0, 0.1) is 23.7 Å². The summed E-state index contributed by atoms with van der Waals surface area (Å²) in [6.07, 6.45) is 16.7. The van der Waals surface area contributed by atoms with E-state index >= 15 is 0 Å². The molecule has 6 aliphatic rings. The Bertz CT molecular complexity index is 3020. The summed E-state index contributed by atoms with van der Waals surface area (Å²) < 4.78 is 10.9. The lowest BCUT2D eigenvalue weighted by molar-refractivity contribution is 0.0455. The van der Waals surface area contributed by atoms with Crippen LogP contribution in [0.3, 0.4) is 0 Å². The minimum atomic E-state index is -0.502. The van der Waals surface area contributed by atoms with E-state index in [2.05, 4.69) is 80.1 Å². The summed E-state index contributed by atoms with van der Waals surface area (Å²) in [5, 5.41) is 9.83. The van der Waals surface area contributed by atoms with Crippen molar-refractivity contribution >= 4 is 86.2 Å². The quantitative estimate of drug-likeness (QED) is 0.0941.